The molecule has 0 bridgehead atoms. The molecular formula is C19H30LiNd. The van der Waals surface area contributed by atoms with Crippen molar-refractivity contribution in [2.75, 3.05) is 0 Å². The Hall–Kier alpha value is 0.258. The van der Waals surface area contributed by atoms with Gasteiger partial charge in [0.05, 0.1) is 0 Å². The van der Waals surface area contributed by atoms with Crippen molar-refractivity contribution in [2.24, 2.45) is 5.41 Å². The van der Waals surface area contributed by atoms with E-state index in [1.165, 1.54) is 34.9 Å². The van der Waals surface area contributed by atoms with Gasteiger partial charge in [0.15, 0.2) is 0 Å². The second-order valence-electron chi connectivity index (χ2n) is 4.49. The molecule has 0 spiro atoms. The quantitative estimate of drug-likeness (QED) is 0.426. The molecule has 111 valence electrons. The van der Waals surface area contributed by atoms with Gasteiger partial charge in [-0.05, 0) is 0 Å². The first-order chi connectivity index (χ1) is 8.69. The Kier molecular flexibility index (Phi) is 31.8. The summed E-state index contributed by atoms with van der Waals surface area (Å²) in [5.74, 6) is 0. The van der Waals surface area contributed by atoms with Crippen molar-refractivity contribution in [2.45, 2.75) is 34.6 Å². The largest absolute Gasteiger partial charge is 3.00 e. The van der Waals surface area contributed by atoms with Crippen LogP contribution in [0.25, 0.3) is 0 Å². The van der Waals surface area contributed by atoms with E-state index in [9.17, 15) is 0 Å². The molecule has 0 saturated heterocycles. The van der Waals surface area contributed by atoms with Crippen LogP contribution in [-0.4, -0.2) is 0 Å². The molecular weight excluding hydrogens is 379 g/mol. The van der Waals surface area contributed by atoms with Crippen molar-refractivity contribution < 1.29 is 59.7 Å². The van der Waals surface area contributed by atoms with Crippen LogP contribution < -0.4 is 18.9 Å². The molecule has 0 fully saturated rings. The van der Waals surface area contributed by atoms with Gasteiger partial charge < -0.3 is 0 Å². The fraction of sp³-hybridized carbons (Fsp3) is 0.316. The maximum Gasteiger partial charge on any atom is 3.00 e. The zero-order valence-electron chi connectivity index (χ0n) is 15.0. The molecule has 0 aromatic carbocycles. The normalized spacial score (nSPS) is 12.9. The summed E-state index contributed by atoms with van der Waals surface area (Å²) in [6, 6.07) is 0. The molecule has 0 saturated carbocycles. The van der Waals surface area contributed by atoms with Crippen LogP contribution in [0.1, 0.15) is 34.6 Å². The Labute approximate surface area is 179 Å². The van der Waals surface area contributed by atoms with Gasteiger partial charge in [0.1, 0.15) is 0 Å². The molecule has 0 nitrogen and oxygen atoms in total. The van der Waals surface area contributed by atoms with E-state index >= 15 is 0 Å². The Morgan fingerprint density at radius 3 is 1.19 bits per heavy atom. The SMILES string of the molecule is C=C[CH2-].C=C[CH2-].C=C[CH2-].CC1=[C-]C(C)(C)C(C)=C1C.[Li+].[Nd+3]. The van der Waals surface area contributed by atoms with Crippen LogP contribution in [0.3, 0.4) is 0 Å². The van der Waals surface area contributed by atoms with E-state index in [-0.39, 0.29) is 65.1 Å². The predicted octanol–water partition coefficient (Wildman–Crippen LogP) is 3.14. The molecule has 0 aromatic heterocycles. The standard InChI is InChI=1S/C10H15.3C3H5.Li.Nd/c1-7-6-10(4,5)9(3)8(7)2;3*1-3-2;;/h1-5H3;3*3H,1-2H2;;/q4*-1;+1;+3. The Bertz CT molecular complexity index is 319. The maximum absolute atomic E-state index is 3.44. The summed E-state index contributed by atoms with van der Waals surface area (Å²) in [5.41, 5.74) is 4.39. The van der Waals surface area contributed by atoms with E-state index in [0.29, 0.717) is 0 Å². The molecule has 1 aliphatic rings. The molecule has 0 atom stereocenters. The van der Waals surface area contributed by atoms with E-state index in [4.69, 9.17) is 0 Å². The third-order valence-corrected chi connectivity index (χ3v) is 2.56. The van der Waals surface area contributed by atoms with Gasteiger partial charge in [0.25, 0.3) is 0 Å². The predicted molar refractivity (Wildman–Crippen MR) is 91.2 cm³/mol. The number of hydrogen-bond donors (Lipinski definition) is 0. The van der Waals surface area contributed by atoms with Crippen LogP contribution in [0.2, 0.25) is 0 Å². The third kappa shape index (κ3) is 18.2. The number of allylic oxidation sites excluding steroid dienone is 7. The van der Waals surface area contributed by atoms with E-state index < -0.39 is 0 Å². The van der Waals surface area contributed by atoms with Crippen molar-refractivity contribution in [1.82, 2.24) is 0 Å². The van der Waals surface area contributed by atoms with Crippen molar-refractivity contribution >= 4 is 0 Å². The van der Waals surface area contributed by atoms with Crippen LogP contribution >= 0.6 is 0 Å². The van der Waals surface area contributed by atoms with Crippen molar-refractivity contribution in [3.8, 4) is 0 Å². The first kappa shape index (κ1) is 33.0. The van der Waals surface area contributed by atoms with Gasteiger partial charge in [0, 0.05) is 0 Å². The maximum atomic E-state index is 3.44. The molecule has 0 N–H and O–H groups in total. The van der Waals surface area contributed by atoms with E-state index in [2.05, 4.69) is 81.2 Å². The average molecular weight is 410 g/mol. The first-order valence-electron chi connectivity index (χ1n) is 6.20. The summed E-state index contributed by atoms with van der Waals surface area (Å²) in [5, 5.41) is 0. The topological polar surface area (TPSA) is 0 Å². The monoisotopic (exact) mass is 407 g/mol. The summed E-state index contributed by atoms with van der Waals surface area (Å²) >= 11 is 0. The molecule has 21 heavy (non-hydrogen) atoms. The van der Waals surface area contributed by atoms with Gasteiger partial charge in [0.2, 0.25) is 0 Å². The van der Waals surface area contributed by atoms with Gasteiger partial charge in [-0.3, -0.25) is 6.08 Å². The van der Waals surface area contributed by atoms with Crippen LogP contribution in [0.5, 0.6) is 0 Å². The molecule has 1 aliphatic carbocycles. The smallest absolute Gasteiger partial charge is 0.263 e. The zero-order valence-corrected chi connectivity index (χ0v) is 18.2. The second-order valence-corrected chi connectivity index (χ2v) is 4.49. The Balaban J connectivity index is -0.0000000663. The summed E-state index contributed by atoms with van der Waals surface area (Å²) in [4.78, 5) is 0. The molecule has 1 radical (unpaired) electrons. The van der Waals surface area contributed by atoms with Gasteiger partial charge in [-0.1, -0.05) is 33.1 Å². The third-order valence-electron chi connectivity index (χ3n) is 2.56. The minimum absolute atomic E-state index is 0. The Morgan fingerprint density at radius 2 is 1.14 bits per heavy atom. The van der Waals surface area contributed by atoms with Gasteiger partial charge in [-0.25, -0.2) is 64.3 Å². The molecule has 0 unspecified atom stereocenters. The molecule has 1 rings (SSSR count). The van der Waals surface area contributed by atoms with Crippen LogP contribution in [0.15, 0.2) is 54.7 Å². The van der Waals surface area contributed by atoms with Crippen molar-refractivity contribution in [3.63, 3.8) is 0 Å². The molecule has 0 aromatic rings. The summed E-state index contributed by atoms with van der Waals surface area (Å²) < 4.78 is 0. The van der Waals surface area contributed by atoms with E-state index in [0.717, 1.165) is 0 Å². The van der Waals surface area contributed by atoms with Crippen LogP contribution in [0.4, 0.5) is 0 Å². The summed E-state index contributed by atoms with van der Waals surface area (Å²) in [6.07, 6.45) is 7.94. The van der Waals surface area contributed by atoms with Gasteiger partial charge >= 0.3 is 59.7 Å². The molecule has 0 heterocycles. The summed E-state index contributed by atoms with van der Waals surface area (Å²) in [6.45, 7) is 30.4. The minimum Gasteiger partial charge on any atom is -0.263 e. The molecule has 0 aliphatic heterocycles. The van der Waals surface area contributed by atoms with Crippen LogP contribution in [0, 0.1) is 73.1 Å². The number of rotatable bonds is 0. The Morgan fingerprint density at radius 1 is 0.905 bits per heavy atom. The average Bonchev–Trinajstić information content (AvgIpc) is 2.45. The van der Waals surface area contributed by atoms with Gasteiger partial charge in [-0.15, -0.1) is 6.92 Å². The van der Waals surface area contributed by atoms with E-state index in [1.54, 1.807) is 0 Å². The second kappa shape index (κ2) is 20.3. The van der Waals surface area contributed by atoms with E-state index in [1.807, 2.05) is 0 Å². The van der Waals surface area contributed by atoms with Gasteiger partial charge in [-0.2, -0.15) is 11.1 Å². The van der Waals surface area contributed by atoms with Crippen molar-refractivity contribution in [3.05, 3.63) is 81.5 Å². The van der Waals surface area contributed by atoms with Crippen LogP contribution in [-0.2, 0) is 0 Å². The van der Waals surface area contributed by atoms with Crippen molar-refractivity contribution in [1.29, 1.82) is 0 Å². The zero-order chi connectivity index (χ0) is 16.1. The first-order valence-corrected chi connectivity index (χ1v) is 6.20. The summed E-state index contributed by atoms with van der Waals surface area (Å²) in [7, 11) is 0. The molecule has 2 heteroatoms. The fourth-order valence-corrected chi connectivity index (χ4v) is 1.41. The number of hydrogen-bond acceptors (Lipinski definition) is 0. The minimum atomic E-state index is 0. The fourth-order valence-electron chi connectivity index (χ4n) is 1.41. The molecule has 0 amide bonds.